The topological polar surface area (TPSA) is 69.7 Å². The molecule has 2 aromatic rings. The Balaban J connectivity index is 1.80. The van der Waals surface area contributed by atoms with Crippen LogP contribution >= 0.6 is 0 Å². The van der Waals surface area contributed by atoms with E-state index in [1.165, 1.54) is 10.4 Å². The molecule has 1 saturated heterocycles. The molecule has 7 heteroatoms. The Hall–Kier alpha value is -2.22. The Labute approximate surface area is 179 Å². The molecule has 1 aliphatic heterocycles. The molecule has 2 aromatic carbocycles. The lowest BCUT2D eigenvalue weighted by molar-refractivity contribution is 0.0912. The number of piperazine rings is 1. The average molecular weight is 430 g/mol. The highest BCUT2D eigenvalue weighted by molar-refractivity contribution is 7.89. The second-order valence-electron chi connectivity index (χ2n) is 8.68. The molecule has 6 nitrogen and oxygen atoms in total. The molecule has 3 rings (SSSR count). The highest BCUT2D eigenvalue weighted by atomic mass is 32.2. The predicted molar refractivity (Wildman–Crippen MR) is 119 cm³/mol. The predicted octanol–water partition coefficient (Wildman–Crippen LogP) is 2.68. The third-order valence-corrected chi connectivity index (χ3v) is 7.39. The molecule has 0 atom stereocenters. The van der Waals surface area contributed by atoms with E-state index < -0.39 is 15.6 Å². The molecule has 0 aromatic heterocycles. The molecule has 1 amide bonds. The van der Waals surface area contributed by atoms with Crippen molar-refractivity contribution in [2.75, 3.05) is 33.2 Å². The number of nitrogens with one attached hydrogen (secondary N) is 1. The Morgan fingerprint density at radius 2 is 1.67 bits per heavy atom. The minimum atomic E-state index is -3.62. The zero-order chi connectivity index (χ0) is 21.9. The number of hydrogen-bond acceptors (Lipinski definition) is 4. The van der Waals surface area contributed by atoms with Crippen molar-refractivity contribution < 1.29 is 13.2 Å². The summed E-state index contributed by atoms with van der Waals surface area (Å²) in [6.45, 7) is 8.08. The van der Waals surface area contributed by atoms with Crippen LogP contribution in [0.2, 0.25) is 0 Å². The number of carbonyl (C=O) groups is 1. The van der Waals surface area contributed by atoms with E-state index in [2.05, 4.69) is 10.2 Å². The van der Waals surface area contributed by atoms with Crippen molar-refractivity contribution in [3.05, 3.63) is 65.2 Å². The molecular weight excluding hydrogens is 398 g/mol. The molecule has 0 aliphatic carbocycles. The van der Waals surface area contributed by atoms with Crippen LogP contribution in [0.4, 0.5) is 0 Å². The van der Waals surface area contributed by atoms with Gasteiger partial charge in [-0.3, -0.25) is 4.79 Å². The van der Waals surface area contributed by atoms with Crippen LogP contribution in [-0.4, -0.2) is 62.3 Å². The van der Waals surface area contributed by atoms with Gasteiger partial charge in [0.15, 0.2) is 0 Å². The van der Waals surface area contributed by atoms with Gasteiger partial charge in [-0.25, -0.2) is 8.42 Å². The van der Waals surface area contributed by atoms with E-state index in [9.17, 15) is 13.2 Å². The first-order chi connectivity index (χ1) is 14.1. The number of likely N-dealkylation sites (N-methyl/N-ethyl adjacent to an activating group) is 1. The summed E-state index contributed by atoms with van der Waals surface area (Å²) < 4.78 is 27.7. The van der Waals surface area contributed by atoms with Crippen molar-refractivity contribution in [3.8, 4) is 0 Å². The summed E-state index contributed by atoms with van der Waals surface area (Å²) in [7, 11) is -1.64. The second kappa shape index (κ2) is 8.88. The molecule has 162 valence electrons. The van der Waals surface area contributed by atoms with E-state index in [-0.39, 0.29) is 10.8 Å². The van der Waals surface area contributed by atoms with Crippen LogP contribution in [0.3, 0.4) is 0 Å². The quantitative estimate of drug-likeness (QED) is 0.767. The van der Waals surface area contributed by atoms with Gasteiger partial charge >= 0.3 is 0 Å². The van der Waals surface area contributed by atoms with Gasteiger partial charge in [0.1, 0.15) is 0 Å². The fourth-order valence-corrected chi connectivity index (χ4v) is 5.16. The second-order valence-corrected chi connectivity index (χ2v) is 10.6. The SMILES string of the molecule is Cc1ccc(S(=O)(=O)N2CCN(C)CC2)cc1C(=O)NC(C)(C)Cc1ccccc1. The number of nitrogens with zero attached hydrogens (tertiary/aromatic N) is 2. The first-order valence-electron chi connectivity index (χ1n) is 10.2. The van der Waals surface area contributed by atoms with Gasteiger partial charge in [0.25, 0.3) is 5.91 Å². The average Bonchev–Trinajstić information content (AvgIpc) is 2.68. The zero-order valence-corrected chi connectivity index (χ0v) is 19.0. The summed E-state index contributed by atoms with van der Waals surface area (Å²) in [4.78, 5) is 15.3. The molecule has 0 unspecified atom stereocenters. The number of hydrogen-bond donors (Lipinski definition) is 1. The standard InChI is InChI=1S/C23H31N3O3S/c1-18-10-11-20(30(28,29)26-14-12-25(4)13-15-26)16-21(18)22(27)24-23(2,3)17-19-8-6-5-7-9-19/h5-11,16H,12-15,17H2,1-4H3,(H,24,27). The van der Waals surface area contributed by atoms with Crippen molar-refractivity contribution in [2.45, 2.75) is 37.6 Å². The number of rotatable bonds is 6. The molecule has 0 saturated carbocycles. The summed E-state index contributed by atoms with van der Waals surface area (Å²) in [5.74, 6) is -0.260. The first kappa shape index (κ1) is 22.5. The molecular formula is C23H31N3O3S. The zero-order valence-electron chi connectivity index (χ0n) is 18.2. The van der Waals surface area contributed by atoms with Gasteiger partial charge in [0.2, 0.25) is 10.0 Å². The summed E-state index contributed by atoms with van der Waals surface area (Å²) in [5, 5.41) is 3.07. The monoisotopic (exact) mass is 429 g/mol. The van der Waals surface area contributed by atoms with Crippen LogP contribution in [0.5, 0.6) is 0 Å². The molecule has 0 bridgehead atoms. The third-order valence-electron chi connectivity index (χ3n) is 5.49. The van der Waals surface area contributed by atoms with Gasteiger partial charge in [0.05, 0.1) is 4.90 Å². The smallest absolute Gasteiger partial charge is 0.252 e. The lowest BCUT2D eigenvalue weighted by Crippen LogP contribution is -2.47. The van der Waals surface area contributed by atoms with Crippen LogP contribution in [0.15, 0.2) is 53.4 Å². The van der Waals surface area contributed by atoms with Crippen LogP contribution in [-0.2, 0) is 16.4 Å². The largest absolute Gasteiger partial charge is 0.347 e. The number of carbonyl (C=O) groups excluding carboxylic acids is 1. The molecule has 1 N–H and O–H groups in total. The van der Waals surface area contributed by atoms with E-state index in [4.69, 9.17) is 0 Å². The lowest BCUT2D eigenvalue weighted by atomic mass is 9.94. The van der Waals surface area contributed by atoms with Crippen molar-refractivity contribution in [1.82, 2.24) is 14.5 Å². The van der Waals surface area contributed by atoms with Crippen molar-refractivity contribution in [3.63, 3.8) is 0 Å². The Kier molecular flexibility index (Phi) is 6.65. The van der Waals surface area contributed by atoms with Gasteiger partial charge in [-0.1, -0.05) is 36.4 Å². The molecule has 1 aliphatic rings. The number of benzene rings is 2. The summed E-state index contributed by atoms with van der Waals surface area (Å²) in [5.41, 5.74) is 1.80. The normalized spacial score (nSPS) is 16.4. The Bertz CT molecular complexity index is 996. The maximum Gasteiger partial charge on any atom is 0.252 e. The highest BCUT2D eigenvalue weighted by Gasteiger charge is 2.29. The van der Waals surface area contributed by atoms with E-state index in [1.807, 2.05) is 58.2 Å². The molecule has 1 fully saturated rings. The molecule has 1 heterocycles. The number of aryl methyl sites for hydroxylation is 1. The van der Waals surface area contributed by atoms with Gasteiger partial charge in [-0.05, 0) is 57.5 Å². The molecule has 30 heavy (non-hydrogen) atoms. The van der Waals surface area contributed by atoms with Gasteiger partial charge in [-0.2, -0.15) is 4.31 Å². The van der Waals surface area contributed by atoms with Gasteiger partial charge < -0.3 is 10.2 Å². The fraction of sp³-hybridized carbons (Fsp3) is 0.435. The summed E-state index contributed by atoms with van der Waals surface area (Å²) >= 11 is 0. The minimum absolute atomic E-state index is 0.170. The van der Waals surface area contributed by atoms with Crippen molar-refractivity contribution in [1.29, 1.82) is 0 Å². The van der Waals surface area contributed by atoms with Crippen LogP contribution in [0.25, 0.3) is 0 Å². The maximum atomic E-state index is 13.1. The van der Waals surface area contributed by atoms with Gasteiger partial charge in [-0.15, -0.1) is 0 Å². The first-order valence-corrected chi connectivity index (χ1v) is 11.7. The third kappa shape index (κ3) is 5.28. The summed E-state index contributed by atoms with van der Waals surface area (Å²) in [6.07, 6.45) is 0.678. The molecule has 0 spiro atoms. The van der Waals surface area contributed by atoms with Crippen LogP contribution in [0.1, 0.15) is 35.3 Å². The molecule has 0 radical (unpaired) electrons. The van der Waals surface area contributed by atoms with Crippen molar-refractivity contribution >= 4 is 15.9 Å². The van der Waals surface area contributed by atoms with Crippen LogP contribution < -0.4 is 5.32 Å². The Morgan fingerprint density at radius 3 is 2.30 bits per heavy atom. The van der Waals surface area contributed by atoms with E-state index >= 15 is 0 Å². The summed E-state index contributed by atoms with van der Waals surface area (Å²) in [6, 6.07) is 14.8. The van der Waals surface area contributed by atoms with E-state index in [1.54, 1.807) is 12.1 Å². The lowest BCUT2D eigenvalue weighted by Gasteiger charge is -2.31. The highest BCUT2D eigenvalue weighted by Crippen LogP contribution is 2.22. The maximum absolute atomic E-state index is 13.1. The van der Waals surface area contributed by atoms with E-state index in [0.29, 0.717) is 38.2 Å². The minimum Gasteiger partial charge on any atom is -0.347 e. The van der Waals surface area contributed by atoms with E-state index in [0.717, 1.165) is 11.1 Å². The number of sulfonamides is 1. The van der Waals surface area contributed by atoms with Crippen molar-refractivity contribution in [2.24, 2.45) is 0 Å². The number of amides is 1. The van der Waals surface area contributed by atoms with Gasteiger partial charge in [0, 0.05) is 37.3 Å². The van der Waals surface area contributed by atoms with Crippen LogP contribution in [0, 0.1) is 6.92 Å². The fourth-order valence-electron chi connectivity index (χ4n) is 3.71. The Morgan fingerprint density at radius 1 is 1.03 bits per heavy atom.